The highest BCUT2D eigenvalue weighted by molar-refractivity contribution is 5.89. The van der Waals surface area contributed by atoms with E-state index in [9.17, 15) is 4.79 Å². The third kappa shape index (κ3) is 1.82. The maximum absolute atomic E-state index is 11.5. The van der Waals surface area contributed by atoms with Crippen molar-refractivity contribution in [3.8, 4) is 0 Å². The van der Waals surface area contributed by atoms with E-state index < -0.39 is 0 Å². The van der Waals surface area contributed by atoms with Gasteiger partial charge in [0.1, 0.15) is 5.78 Å². The van der Waals surface area contributed by atoms with E-state index in [0.29, 0.717) is 0 Å². The molecule has 0 unspecified atom stereocenters. The van der Waals surface area contributed by atoms with Crippen LogP contribution in [0.5, 0.6) is 0 Å². The molecule has 2 rings (SSSR count). The van der Waals surface area contributed by atoms with E-state index in [-0.39, 0.29) is 16.9 Å². The predicted molar refractivity (Wildman–Crippen MR) is 61.6 cm³/mol. The van der Waals surface area contributed by atoms with Crippen molar-refractivity contribution in [3.63, 3.8) is 0 Å². The topological polar surface area (TPSA) is 29.1 Å². The van der Waals surface area contributed by atoms with Gasteiger partial charge in [0.15, 0.2) is 0 Å². The summed E-state index contributed by atoms with van der Waals surface area (Å²) in [7, 11) is 0. The molecule has 1 saturated carbocycles. The highest BCUT2D eigenvalue weighted by Crippen LogP contribution is 2.39. The summed E-state index contributed by atoms with van der Waals surface area (Å²) in [5.41, 5.74) is -0.499. The first kappa shape index (κ1) is 10.4. The zero-order valence-electron chi connectivity index (χ0n) is 9.12. The zero-order valence-corrected chi connectivity index (χ0v) is 9.12. The molecule has 0 amide bonds. The largest absolute Gasteiger partial charge is 0.298 e. The number of allylic oxidation sites excluding steroid dienone is 2. The van der Waals surface area contributed by atoms with Gasteiger partial charge in [-0.1, -0.05) is 30.4 Å². The molecule has 0 aromatic rings. The highest BCUT2D eigenvalue weighted by Gasteiger charge is 2.50. The highest BCUT2D eigenvalue weighted by atomic mass is 16.1. The standard InChI is InChI=1S/C13H17NO/c1-3-12(7-5-4-6-8-12)14-13(9-10-13)11(2)15/h3-7,14H,1,8-10H2,2H3/t12-/m1/s1. The monoisotopic (exact) mass is 203 g/mol. The van der Waals surface area contributed by atoms with Crippen LogP contribution in [0.2, 0.25) is 0 Å². The average Bonchev–Trinajstić information content (AvgIpc) is 3.00. The minimum absolute atomic E-state index is 0.225. The van der Waals surface area contributed by atoms with Crippen LogP contribution in [0, 0.1) is 0 Å². The van der Waals surface area contributed by atoms with E-state index in [4.69, 9.17) is 0 Å². The molecule has 2 nitrogen and oxygen atoms in total. The fourth-order valence-electron chi connectivity index (χ4n) is 2.07. The van der Waals surface area contributed by atoms with E-state index in [2.05, 4.69) is 24.0 Å². The SMILES string of the molecule is C=C[C@@]1(NC2(C(C)=O)CC2)C=CC=CC1. The summed E-state index contributed by atoms with van der Waals surface area (Å²) in [6, 6.07) is 0. The molecule has 1 fully saturated rings. The molecule has 15 heavy (non-hydrogen) atoms. The Morgan fingerprint density at radius 2 is 2.20 bits per heavy atom. The molecule has 0 aliphatic heterocycles. The first-order valence-electron chi connectivity index (χ1n) is 5.41. The second-order valence-electron chi connectivity index (χ2n) is 4.50. The quantitative estimate of drug-likeness (QED) is 0.709. The van der Waals surface area contributed by atoms with Crippen molar-refractivity contribution in [3.05, 3.63) is 37.0 Å². The van der Waals surface area contributed by atoms with Gasteiger partial charge in [-0.2, -0.15) is 0 Å². The molecular formula is C13H17NO. The number of hydrogen-bond donors (Lipinski definition) is 1. The van der Waals surface area contributed by atoms with Crippen molar-refractivity contribution in [2.75, 3.05) is 0 Å². The van der Waals surface area contributed by atoms with E-state index in [1.807, 2.05) is 18.2 Å². The Bertz CT molecular complexity index is 350. The summed E-state index contributed by atoms with van der Waals surface area (Å²) < 4.78 is 0. The van der Waals surface area contributed by atoms with Crippen molar-refractivity contribution in [1.82, 2.24) is 5.32 Å². The second-order valence-corrected chi connectivity index (χ2v) is 4.50. The van der Waals surface area contributed by atoms with E-state index in [0.717, 1.165) is 19.3 Å². The molecule has 0 heterocycles. The number of hydrogen-bond acceptors (Lipinski definition) is 2. The lowest BCUT2D eigenvalue weighted by molar-refractivity contribution is -0.120. The molecule has 2 heteroatoms. The molecule has 1 atom stereocenters. The average molecular weight is 203 g/mol. The van der Waals surface area contributed by atoms with Gasteiger partial charge in [0.25, 0.3) is 0 Å². The Kier molecular flexibility index (Phi) is 2.39. The summed E-state index contributed by atoms with van der Waals surface area (Å²) in [4.78, 5) is 11.5. The molecule has 0 saturated heterocycles. The minimum atomic E-state index is -0.274. The van der Waals surface area contributed by atoms with E-state index in [1.165, 1.54) is 0 Å². The van der Waals surface area contributed by atoms with Crippen LogP contribution >= 0.6 is 0 Å². The first-order chi connectivity index (χ1) is 7.13. The normalized spacial score (nSPS) is 31.3. The van der Waals surface area contributed by atoms with Gasteiger partial charge >= 0.3 is 0 Å². The maximum Gasteiger partial charge on any atom is 0.149 e. The van der Waals surface area contributed by atoms with Gasteiger partial charge < -0.3 is 0 Å². The molecule has 0 radical (unpaired) electrons. The van der Waals surface area contributed by atoms with E-state index >= 15 is 0 Å². The van der Waals surface area contributed by atoms with Crippen LogP contribution < -0.4 is 5.32 Å². The fraction of sp³-hybridized carbons (Fsp3) is 0.462. The lowest BCUT2D eigenvalue weighted by Gasteiger charge is -2.33. The lowest BCUT2D eigenvalue weighted by atomic mass is 9.89. The van der Waals surface area contributed by atoms with Gasteiger partial charge in [0.05, 0.1) is 11.1 Å². The van der Waals surface area contributed by atoms with E-state index in [1.54, 1.807) is 6.92 Å². The van der Waals surface area contributed by atoms with Crippen molar-refractivity contribution in [2.24, 2.45) is 0 Å². The summed E-state index contributed by atoms with van der Waals surface area (Å²) in [5.74, 6) is 0.242. The van der Waals surface area contributed by atoms with Crippen molar-refractivity contribution >= 4 is 5.78 Å². The Hall–Kier alpha value is -1.15. The van der Waals surface area contributed by atoms with Crippen LogP contribution in [0.4, 0.5) is 0 Å². The maximum atomic E-state index is 11.5. The lowest BCUT2D eigenvalue weighted by Crippen LogP contribution is -2.52. The molecule has 2 aliphatic rings. The van der Waals surface area contributed by atoms with Crippen LogP contribution in [-0.4, -0.2) is 16.9 Å². The Balaban J connectivity index is 2.16. The number of carbonyl (C=O) groups is 1. The van der Waals surface area contributed by atoms with Crippen LogP contribution in [-0.2, 0) is 4.79 Å². The summed E-state index contributed by atoms with van der Waals surface area (Å²) in [5, 5.41) is 3.46. The smallest absolute Gasteiger partial charge is 0.149 e. The number of nitrogens with one attached hydrogen (secondary N) is 1. The van der Waals surface area contributed by atoms with Gasteiger partial charge in [-0.15, -0.1) is 6.58 Å². The summed E-state index contributed by atoms with van der Waals surface area (Å²) in [6.07, 6.45) is 12.9. The number of ketones is 1. The fourth-order valence-corrected chi connectivity index (χ4v) is 2.07. The van der Waals surface area contributed by atoms with Crippen LogP contribution in [0.3, 0.4) is 0 Å². The third-order valence-corrected chi connectivity index (χ3v) is 3.36. The Morgan fingerprint density at radius 1 is 1.47 bits per heavy atom. The summed E-state index contributed by atoms with van der Waals surface area (Å²) in [6.45, 7) is 5.53. The van der Waals surface area contributed by atoms with Gasteiger partial charge in [-0.05, 0) is 26.2 Å². The van der Waals surface area contributed by atoms with Crippen molar-refractivity contribution < 1.29 is 4.79 Å². The molecule has 2 aliphatic carbocycles. The minimum Gasteiger partial charge on any atom is -0.298 e. The molecule has 0 aromatic heterocycles. The van der Waals surface area contributed by atoms with Crippen molar-refractivity contribution in [2.45, 2.75) is 37.3 Å². The number of rotatable bonds is 4. The van der Waals surface area contributed by atoms with Crippen molar-refractivity contribution in [1.29, 1.82) is 0 Å². The van der Waals surface area contributed by atoms with Gasteiger partial charge in [-0.3, -0.25) is 10.1 Å². The summed E-state index contributed by atoms with van der Waals surface area (Å²) >= 11 is 0. The molecular weight excluding hydrogens is 186 g/mol. The predicted octanol–water partition coefficient (Wildman–Crippen LogP) is 2.14. The molecule has 0 aromatic carbocycles. The molecule has 1 N–H and O–H groups in total. The molecule has 0 bridgehead atoms. The van der Waals surface area contributed by atoms with Gasteiger partial charge in [-0.25, -0.2) is 0 Å². The van der Waals surface area contributed by atoms with Gasteiger partial charge in [0, 0.05) is 0 Å². The Morgan fingerprint density at radius 3 is 2.60 bits per heavy atom. The van der Waals surface area contributed by atoms with Crippen LogP contribution in [0.1, 0.15) is 26.2 Å². The second kappa shape index (κ2) is 3.46. The Labute approximate surface area is 90.7 Å². The van der Waals surface area contributed by atoms with Gasteiger partial charge in [0.2, 0.25) is 0 Å². The molecule has 80 valence electrons. The van der Waals surface area contributed by atoms with Crippen LogP contribution in [0.15, 0.2) is 37.0 Å². The number of carbonyl (C=O) groups excluding carboxylic acids is 1. The molecule has 0 spiro atoms. The van der Waals surface area contributed by atoms with Crippen LogP contribution in [0.25, 0.3) is 0 Å². The third-order valence-electron chi connectivity index (χ3n) is 3.36. The first-order valence-corrected chi connectivity index (χ1v) is 5.41. The zero-order chi connectivity index (χ0) is 10.9. The number of Topliss-reactive ketones (excluding diaryl/α,β-unsaturated/α-hetero) is 1.